The number of para-hydroxylation sites is 1. The Morgan fingerprint density at radius 2 is 2.17 bits per heavy atom. The molecule has 2 heteroatoms. The van der Waals surface area contributed by atoms with Gasteiger partial charge in [-0.05, 0) is 42.9 Å². The number of nitrogens with one attached hydrogen (secondary N) is 1. The molecule has 1 aromatic carbocycles. The molecule has 18 heavy (non-hydrogen) atoms. The monoisotopic (exact) mass is 242 g/mol. The van der Waals surface area contributed by atoms with Crippen molar-refractivity contribution in [2.24, 2.45) is 0 Å². The zero-order valence-corrected chi connectivity index (χ0v) is 11.0. The predicted octanol–water partition coefficient (Wildman–Crippen LogP) is 2.75. The molecule has 0 unspecified atom stereocenters. The van der Waals surface area contributed by atoms with Crippen LogP contribution < -0.4 is 10.2 Å². The summed E-state index contributed by atoms with van der Waals surface area (Å²) < 4.78 is 0. The molecule has 0 spiro atoms. The molecule has 1 N–H and O–H groups in total. The molecule has 0 atom stereocenters. The summed E-state index contributed by atoms with van der Waals surface area (Å²) in [6.07, 6.45) is 5.18. The third kappa shape index (κ3) is 2.75. The highest BCUT2D eigenvalue weighted by molar-refractivity contribution is 5.56. The summed E-state index contributed by atoms with van der Waals surface area (Å²) >= 11 is 0. The molecule has 3 rings (SSSR count). The lowest BCUT2D eigenvalue weighted by Crippen LogP contribution is -2.33. The van der Waals surface area contributed by atoms with Gasteiger partial charge in [0.25, 0.3) is 0 Å². The molecule has 1 saturated carbocycles. The minimum absolute atomic E-state index is 0.774. The van der Waals surface area contributed by atoms with E-state index in [0.717, 1.165) is 19.1 Å². The maximum absolute atomic E-state index is 4.22. The molecular weight excluding hydrogens is 220 g/mol. The minimum Gasteiger partial charge on any atom is -0.367 e. The molecular formula is C16H22N2. The molecule has 1 aliphatic heterocycles. The molecule has 2 nitrogen and oxygen atoms in total. The van der Waals surface area contributed by atoms with Crippen molar-refractivity contribution in [3.63, 3.8) is 0 Å². The highest BCUT2D eigenvalue weighted by Crippen LogP contribution is 2.27. The summed E-state index contributed by atoms with van der Waals surface area (Å²) in [4.78, 5) is 2.48. The van der Waals surface area contributed by atoms with Gasteiger partial charge in [0, 0.05) is 31.4 Å². The first kappa shape index (κ1) is 11.8. The average molecular weight is 242 g/mol. The zero-order chi connectivity index (χ0) is 12.4. The van der Waals surface area contributed by atoms with Crippen LogP contribution in [0.25, 0.3) is 0 Å². The largest absolute Gasteiger partial charge is 0.367 e. The summed E-state index contributed by atoms with van der Waals surface area (Å²) in [5.41, 5.74) is 4.21. The topological polar surface area (TPSA) is 15.3 Å². The minimum atomic E-state index is 0.774. The number of rotatable bonds is 5. The molecule has 1 heterocycles. The third-order valence-corrected chi connectivity index (χ3v) is 3.84. The van der Waals surface area contributed by atoms with Crippen molar-refractivity contribution in [2.45, 2.75) is 31.7 Å². The van der Waals surface area contributed by atoms with Crippen molar-refractivity contribution < 1.29 is 0 Å². The van der Waals surface area contributed by atoms with E-state index in [2.05, 4.69) is 41.1 Å². The number of benzene rings is 1. The van der Waals surface area contributed by atoms with E-state index in [1.807, 2.05) is 0 Å². The summed E-state index contributed by atoms with van der Waals surface area (Å²) in [5.74, 6) is 0. The Labute approximate surface area is 110 Å². The van der Waals surface area contributed by atoms with Gasteiger partial charge in [0.2, 0.25) is 0 Å². The van der Waals surface area contributed by atoms with Crippen LogP contribution in [0.3, 0.4) is 0 Å². The molecule has 1 aliphatic carbocycles. The Morgan fingerprint density at radius 1 is 1.33 bits per heavy atom. The van der Waals surface area contributed by atoms with Gasteiger partial charge in [-0.25, -0.2) is 0 Å². The Kier molecular flexibility index (Phi) is 3.37. The summed E-state index contributed by atoms with van der Waals surface area (Å²) in [7, 11) is 0. The second-order valence-electron chi connectivity index (χ2n) is 5.56. The van der Waals surface area contributed by atoms with Crippen molar-refractivity contribution in [3.8, 4) is 0 Å². The summed E-state index contributed by atoms with van der Waals surface area (Å²) in [6, 6.07) is 9.56. The van der Waals surface area contributed by atoms with Gasteiger partial charge in [0.05, 0.1) is 0 Å². The first-order chi connectivity index (χ1) is 8.83. The van der Waals surface area contributed by atoms with Gasteiger partial charge in [-0.15, -0.1) is 0 Å². The van der Waals surface area contributed by atoms with Crippen LogP contribution >= 0.6 is 0 Å². The van der Waals surface area contributed by atoms with Crippen molar-refractivity contribution >= 4 is 5.69 Å². The lowest BCUT2D eigenvalue weighted by atomic mass is 10.0. The fourth-order valence-corrected chi connectivity index (χ4v) is 2.68. The quantitative estimate of drug-likeness (QED) is 0.799. The first-order valence-corrected chi connectivity index (χ1v) is 7.06. The second kappa shape index (κ2) is 5.15. The smallest absolute Gasteiger partial charge is 0.0401 e. The molecule has 0 bridgehead atoms. The summed E-state index contributed by atoms with van der Waals surface area (Å²) in [5, 5.41) is 3.54. The van der Waals surface area contributed by atoms with Gasteiger partial charge < -0.3 is 10.2 Å². The number of hydrogen-bond acceptors (Lipinski definition) is 2. The van der Waals surface area contributed by atoms with Crippen molar-refractivity contribution in [2.75, 3.05) is 24.5 Å². The standard InChI is InChI=1S/C16H22N2/c1-13(11-17-15-8-9-15)12-18-10-4-6-14-5-2-3-7-16(14)18/h2-3,5,7,15,17H,1,4,6,8-12H2. The fraction of sp³-hybridized carbons (Fsp3) is 0.500. The lowest BCUT2D eigenvalue weighted by Gasteiger charge is -2.32. The van der Waals surface area contributed by atoms with Crippen LogP contribution in [-0.4, -0.2) is 25.7 Å². The van der Waals surface area contributed by atoms with E-state index in [0.29, 0.717) is 0 Å². The van der Waals surface area contributed by atoms with E-state index in [1.54, 1.807) is 0 Å². The van der Waals surface area contributed by atoms with Gasteiger partial charge in [-0.2, -0.15) is 0 Å². The summed E-state index contributed by atoms with van der Waals surface area (Å²) in [6.45, 7) is 7.36. The van der Waals surface area contributed by atoms with Crippen LogP contribution in [0.15, 0.2) is 36.4 Å². The van der Waals surface area contributed by atoms with E-state index in [4.69, 9.17) is 0 Å². The molecule has 2 aliphatic rings. The number of fused-ring (bicyclic) bond motifs is 1. The third-order valence-electron chi connectivity index (χ3n) is 3.84. The Morgan fingerprint density at radius 3 is 3.00 bits per heavy atom. The average Bonchev–Trinajstić information content (AvgIpc) is 3.21. The van der Waals surface area contributed by atoms with E-state index >= 15 is 0 Å². The van der Waals surface area contributed by atoms with Crippen LogP contribution in [0.1, 0.15) is 24.8 Å². The number of hydrogen-bond donors (Lipinski definition) is 1. The first-order valence-electron chi connectivity index (χ1n) is 7.06. The van der Waals surface area contributed by atoms with Crippen molar-refractivity contribution in [3.05, 3.63) is 42.0 Å². The highest BCUT2D eigenvalue weighted by Gasteiger charge is 2.21. The molecule has 1 aromatic rings. The maximum atomic E-state index is 4.22. The Hall–Kier alpha value is -1.28. The molecule has 0 aromatic heterocycles. The number of aryl methyl sites for hydroxylation is 1. The normalized spacial score (nSPS) is 18.6. The number of anilines is 1. The zero-order valence-electron chi connectivity index (χ0n) is 11.0. The van der Waals surface area contributed by atoms with Gasteiger partial charge in [0.1, 0.15) is 0 Å². The van der Waals surface area contributed by atoms with E-state index in [9.17, 15) is 0 Å². The van der Waals surface area contributed by atoms with Crippen LogP contribution in [-0.2, 0) is 6.42 Å². The maximum Gasteiger partial charge on any atom is 0.0401 e. The van der Waals surface area contributed by atoms with Gasteiger partial charge in [0.15, 0.2) is 0 Å². The van der Waals surface area contributed by atoms with Crippen molar-refractivity contribution in [1.29, 1.82) is 0 Å². The van der Waals surface area contributed by atoms with Gasteiger partial charge >= 0.3 is 0 Å². The van der Waals surface area contributed by atoms with Crippen LogP contribution in [0.5, 0.6) is 0 Å². The molecule has 0 amide bonds. The number of nitrogens with zero attached hydrogens (tertiary/aromatic N) is 1. The Bertz CT molecular complexity index is 434. The molecule has 96 valence electrons. The SMILES string of the molecule is C=C(CNC1CC1)CN1CCCc2ccccc21. The van der Waals surface area contributed by atoms with Crippen LogP contribution in [0.2, 0.25) is 0 Å². The van der Waals surface area contributed by atoms with Crippen LogP contribution in [0, 0.1) is 0 Å². The molecule has 1 fully saturated rings. The van der Waals surface area contributed by atoms with E-state index in [1.165, 1.54) is 49.1 Å². The molecule has 0 saturated heterocycles. The lowest BCUT2D eigenvalue weighted by molar-refractivity contribution is 0.682. The molecule has 0 radical (unpaired) electrons. The highest BCUT2D eigenvalue weighted by atomic mass is 15.1. The van der Waals surface area contributed by atoms with Gasteiger partial charge in [-0.1, -0.05) is 24.8 Å². The van der Waals surface area contributed by atoms with E-state index < -0.39 is 0 Å². The fourth-order valence-electron chi connectivity index (χ4n) is 2.68. The Balaban J connectivity index is 1.60. The van der Waals surface area contributed by atoms with Gasteiger partial charge in [-0.3, -0.25) is 0 Å². The predicted molar refractivity (Wildman–Crippen MR) is 77.1 cm³/mol. The van der Waals surface area contributed by atoms with Crippen molar-refractivity contribution in [1.82, 2.24) is 5.32 Å². The second-order valence-corrected chi connectivity index (χ2v) is 5.56. The van der Waals surface area contributed by atoms with Crippen LogP contribution in [0.4, 0.5) is 5.69 Å². The van der Waals surface area contributed by atoms with E-state index in [-0.39, 0.29) is 0 Å².